The fraction of sp³-hybridized carbons (Fsp3) is 0.385. The Bertz CT molecular complexity index is 504. The second kappa shape index (κ2) is 5.10. The number of anilines is 1. The van der Waals surface area contributed by atoms with Crippen LogP contribution in [0.1, 0.15) is 36.7 Å². The number of carboxylic acid groups (broad SMARTS) is 1. The maximum Gasteiger partial charge on any atom is 0.336 e. The average Bonchev–Trinajstić information content (AvgIpc) is 2.21. The van der Waals surface area contributed by atoms with Gasteiger partial charge in [0.15, 0.2) is 0 Å². The van der Waals surface area contributed by atoms with Crippen molar-refractivity contribution in [2.24, 2.45) is 5.41 Å². The van der Waals surface area contributed by atoms with Crippen molar-refractivity contribution < 1.29 is 14.7 Å². The molecule has 0 atom stereocenters. The Hall–Kier alpha value is -1.36. The van der Waals surface area contributed by atoms with Gasteiger partial charge in [0.1, 0.15) is 0 Å². The number of hydrogen-bond acceptors (Lipinski definition) is 2. The van der Waals surface area contributed by atoms with Crippen LogP contribution in [0.15, 0.2) is 16.6 Å². The van der Waals surface area contributed by atoms with Crippen LogP contribution in [0.2, 0.25) is 0 Å². The Morgan fingerprint density at radius 1 is 1.28 bits per heavy atom. The van der Waals surface area contributed by atoms with Crippen LogP contribution >= 0.6 is 15.9 Å². The van der Waals surface area contributed by atoms with Gasteiger partial charge in [0, 0.05) is 15.6 Å². The van der Waals surface area contributed by atoms with Gasteiger partial charge in [-0.2, -0.15) is 0 Å². The first-order chi connectivity index (χ1) is 8.12. The summed E-state index contributed by atoms with van der Waals surface area (Å²) in [4.78, 5) is 23.0. The predicted octanol–water partition coefficient (Wildman–Crippen LogP) is 3.44. The van der Waals surface area contributed by atoms with Gasteiger partial charge < -0.3 is 10.4 Å². The number of nitrogens with one attached hydrogen (secondary N) is 1. The topological polar surface area (TPSA) is 66.4 Å². The molecule has 1 aromatic rings. The molecule has 0 unspecified atom stereocenters. The third-order valence-corrected chi connectivity index (χ3v) is 2.99. The molecular weight excluding hydrogens is 298 g/mol. The van der Waals surface area contributed by atoms with E-state index in [-0.39, 0.29) is 11.5 Å². The Labute approximate surface area is 115 Å². The lowest BCUT2D eigenvalue weighted by atomic mass is 9.95. The van der Waals surface area contributed by atoms with Crippen LogP contribution in [-0.2, 0) is 4.79 Å². The molecule has 0 saturated carbocycles. The molecule has 0 radical (unpaired) electrons. The van der Waals surface area contributed by atoms with Crippen LogP contribution in [0.5, 0.6) is 0 Å². The number of carbonyl (C=O) groups excluding carboxylic acids is 1. The second-order valence-corrected chi connectivity index (χ2v) is 6.05. The third kappa shape index (κ3) is 3.32. The number of aromatic carboxylic acids is 1. The van der Waals surface area contributed by atoms with Crippen molar-refractivity contribution in [3.63, 3.8) is 0 Å². The number of carboxylic acids is 1. The fourth-order valence-corrected chi connectivity index (χ4v) is 1.80. The predicted molar refractivity (Wildman–Crippen MR) is 73.9 cm³/mol. The first-order valence-electron chi connectivity index (χ1n) is 5.48. The number of hydrogen-bond donors (Lipinski definition) is 2. The molecule has 18 heavy (non-hydrogen) atoms. The lowest BCUT2D eigenvalue weighted by molar-refractivity contribution is -0.123. The van der Waals surface area contributed by atoms with E-state index >= 15 is 0 Å². The normalized spacial score (nSPS) is 11.2. The number of halogens is 1. The highest BCUT2D eigenvalue weighted by molar-refractivity contribution is 9.10. The highest BCUT2D eigenvalue weighted by Gasteiger charge is 2.22. The van der Waals surface area contributed by atoms with E-state index in [4.69, 9.17) is 5.11 Å². The van der Waals surface area contributed by atoms with Crippen LogP contribution in [0.3, 0.4) is 0 Å². The summed E-state index contributed by atoms with van der Waals surface area (Å²) >= 11 is 3.24. The molecule has 0 fully saturated rings. The molecule has 98 valence electrons. The minimum Gasteiger partial charge on any atom is -0.478 e. The standard InChI is InChI=1S/C13H16BrNO3/c1-7-9(11(16)17)5-8(14)6-10(7)15-12(18)13(2,3)4/h5-6H,1-4H3,(H,15,18)(H,16,17). The summed E-state index contributed by atoms with van der Waals surface area (Å²) in [6, 6.07) is 3.22. The molecule has 5 heteroatoms. The number of carbonyl (C=O) groups is 2. The summed E-state index contributed by atoms with van der Waals surface area (Å²) in [7, 11) is 0. The molecule has 0 aliphatic rings. The molecule has 1 amide bonds. The van der Waals surface area contributed by atoms with Gasteiger partial charge in [-0.05, 0) is 24.6 Å². The van der Waals surface area contributed by atoms with Gasteiger partial charge in [-0.25, -0.2) is 4.79 Å². The van der Waals surface area contributed by atoms with Gasteiger partial charge in [0.2, 0.25) is 5.91 Å². The van der Waals surface area contributed by atoms with Crippen LogP contribution in [-0.4, -0.2) is 17.0 Å². The first kappa shape index (κ1) is 14.7. The zero-order valence-corrected chi connectivity index (χ0v) is 12.4. The van der Waals surface area contributed by atoms with E-state index in [9.17, 15) is 9.59 Å². The quantitative estimate of drug-likeness (QED) is 0.879. The van der Waals surface area contributed by atoms with Gasteiger partial charge in [-0.15, -0.1) is 0 Å². The lowest BCUT2D eigenvalue weighted by Gasteiger charge is -2.19. The summed E-state index contributed by atoms with van der Waals surface area (Å²) in [6.45, 7) is 7.07. The van der Waals surface area contributed by atoms with Crippen molar-refractivity contribution in [2.75, 3.05) is 5.32 Å². The zero-order chi connectivity index (χ0) is 14.1. The number of benzene rings is 1. The molecule has 4 nitrogen and oxygen atoms in total. The van der Waals surface area contributed by atoms with Gasteiger partial charge in [-0.3, -0.25) is 4.79 Å². The molecule has 0 aromatic heterocycles. The van der Waals surface area contributed by atoms with E-state index in [1.807, 2.05) is 0 Å². The maximum absolute atomic E-state index is 11.9. The van der Waals surface area contributed by atoms with Crippen LogP contribution in [0, 0.1) is 12.3 Å². The van der Waals surface area contributed by atoms with E-state index in [0.29, 0.717) is 15.7 Å². The van der Waals surface area contributed by atoms with E-state index in [0.717, 1.165) is 0 Å². The largest absolute Gasteiger partial charge is 0.478 e. The van der Waals surface area contributed by atoms with Gasteiger partial charge >= 0.3 is 5.97 Å². The maximum atomic E-state index is 11.9. The monoisotopic (exact) mass is 313 g/mol. The van der Waals surface area contributed by atoms with Crippen molar-refractivity contribution >= 4 is 33.5 Å². The average molecular weight is 314 g/mol. The molecule has 1 rings (SSSR count). The molecule has 2 N–H and O–H groups in total. The molecule has 0 aliphatic carbocycles. The Balaban J connectivity index is 3.18. The van der Waals surface area contributed by atoms with E-state index in [2.05, 4.69) is 21.2 Å². The number of rotatable bonds is 2. The van der Waals surface area contributed by atoms with Gasteiger partial charge in [0.05, 0.1) is 5.56 Å². The molecule has 0 aliphatic heterocycles. The molecule has 0 saturated heterocycles. The summed E-state index contributed by atoms with van der Waals surface area (Å²) in [5.74, 6) is -1.17. The fourth-order valence-electron chi connectivity index (χ4n) is 1.34. The van der Waals surface area contributed by atoms with Crippen molar-refractivity contribution in [3.8, 4) is 0 Å². The number of amides is 1. The SMILES string of the molecule is Cc1c(NC(=O)C(C)(C)C)cc(Br)cc1C(=O)O. The van der Waals surface area contributed by atoms with E-state index in [1.165, 1.54) is 6.07 Å². The molecule has 0 bridgehead atoms. The van der Waals surface area contributed by atoms with Crippen molar-refractivity contribution in [1.29, 1.82) is 0 Å². The van der Waals surface area contributed by atoms with Crippen molar-refractivity contribution in [2.45, 2.75) is 27.7 Å². The molecule has 0 heterocycles. The minimum atomic E-state index is -1.01. The molecule has 1 aromatic carbocycles. The summed E-state index contributed by atoms with van der Waals surface area (Å²) in [6.07, 6.45) is 0. The zero-order valence-electron chi connectivity index (χ0n) is 10.8. The van der Waals surface area contributed by atoms with E-state index in [1.54, 1.807) is 33.8 Å². The Kier molecular flexibility index (Phi) is 4.16. The van der Waals surface area contributed by atoms with Crippen molar-refractivity contribution in [3.05, 3.63) is 27.7 Å². The van der Waals surface area contributed by atoms with Gasteiger partial charge in [0.25, 0.3) is 0 Å². The van der Waals surface area contributed by atoms with E-state index < -0.39 is 11.4 Å². The molecule has 0 spiro atoms. The molecular formula is C13H16BrNO3. The third-order valence-electron chi connectivity index (χ3n) is 2.53. The summed E-state index contributed by atoms with van der Waals surface area (Å²) in [5, 5.41) is 11.8. The van der Waals surface area contributed by atoms with Gasteiger partial charge in [-0.1, -0.05) is 36.7 Å². The smallest absolute Gasteiger partial charge is 0.336 e. The summed E-state index contributed by atoms with van der Waals surface area (Å²) < 4.78 is 0.620. The lowest BCUT2D eigenvalue weighted by Crippen LogP contribution is -2.28. The van der Waals surface area contributed by atoms with Crippen LogP contribution in [0.25, 0.3) is 0 Å². The Morgan fingerprint density at radius 2 is 1.83 bits per heavy atom. The van der Waals surface area contributed by atoms with Crippen LogP contribution < -0.4 is 5.32 Å². The highest BCUT2D eigenvalue weighted by Crippen LogP contribution is 2.27. The Morgan fingerprint density at radius 3 is 2.28 bits per heavy atom. The summed E-state index contributed by atoms with van der Waals surface area (Å²) in [5.41, 5.74) is 0.705. The minimum absolute atomic E-state index is 0.153. The second-order valence-electron chi connectivity index (χ2n) is 5.14. The van der Waals surface area contributed by atoms with Crippen LogP contribution in [0.4, 0.5) is 5.69 Å². The van der Waals surface area contributed by atoms with Crippen molar-refractivity contribution in [1.82, 2.24) is 0 Å². The highest BCUT2D eigenvalue weighted by atomic mass is 79.9. The first-order valence-corrected chi connectivity index (χ1v) is 6.27.